The molecule has 0 radical (unpaired) electrons. The molecule has 1 amide bonds. The number of aromatic nitrogens is 2. The van der Waals surface area contributed by atoms with E-state index in [0.29, 0.717) is 45.0 Å². The van der Waals surface area contributed by atoms with Gasteiger partial charge < -0.3 is 14.9 Å². The van der Waals surface area contributed by atoms with Gasteiger partial charge in [-0.3, -0.25) is 4.79 Å². The van der Waals surface area contributed by atoms with E-state index in [1.54, 1.807) is 48.7 Å². The van der Waals surface area contributed by atoms with Crippen LogP contribution in [-0.4, -0.2) is 96.8 Å². The first-order valence-electron chi connectivity index (χ1n) is 10.3. The summed E-state index contributed by atoms with van der Waals surface area (Å²) in [6.07, 6.45) is -0.359. The van der Waals surface area contributed by atoms with Crippen LogP contribution in [0.2, 0.25) is 0 Å². The lowest BCUT2D eigenvalue weighted by molar-refractivity contribution is -0.192. The molecule has 2 atom stereocenters. The van der Waals surface area contributed by atoms with Gasteiger partial charge in [0.05, 0.1) is 11.2 Å². The van der Waals surface area contributed by atoms with Crippen LogP contribution in [-0.2, 0) is 19.6 Å². The van der Waals surface area contributed by atoms with E-state index >= 15 is 0 Å². The Labute approximate surface area is 190 Å². The number of sulfonamides is 1. The quantitative estimate of drug-likeness (QED) is 0.658. The molecular weight excluding hydrogens is 467 g/mol. The SMILES string of the molecule is CCS(=O)(=O)N1CCC[C@]2(C(=O)N(C)C)CN(c3ncccn3)C[C@@H]2C1.O=C(O)C(F)(F)F. The Morgan fingerprint density at radius 1 is 1.24 bits per heavy atom. The number of aliphatic carboxylic acids is 1. The number of fused-ring (bicyclic) bond motifs is 1. The number of carbonyl (C=O) groups excluding carboxylic acids is 1. The minimum absolute atomic E-state index is 0.0664. The molecule has 2 aliphatic rings. The third-order valence-electron chi connectivity index (χ3n) is 5.82. The Morgan fingerprint density at radius 3 is 2.30 bits per heavy atom. The molecule has 33 heavy (non-hydrogen) atoms. The Morgan fingerprint density at radius 2 is 1.82 bits per heavy atom. The number of alkyl halides is 3. The van der Waals surface area contributed by atoms with Crippen LogP contribution >= 0.6 is 0 Å². The van der Waals surface area contributed by atoms with Crippen LogP contribution in [0.25, 0.3) is 0 Å². The van der Waals surface area contributed by atoms with E-state index in [1.807, 2.05) is 4.90 Å². The predicted molar refractivity (Wildman–Crippen MR) is 113 cm³/mol. The lowest BCUT2D eigenvalue weighted by Gasteiger charge is -2.34. The van der Waals surface area contributed by atoms with E-state index in [-0.39, 0.29) is 17.6 Å². The molecular formula is C19H28F3N5O5S. The van der Waals surface area contributed by atoms with Gasteiger partial charge >= 0.3 is 12.1 Å². The second-order valence-electron chi connectivity index (χ2n) is 8.15. The van der Waals surface area contributed by atoms with E-state index in [0.717, 1.165) is 0 Å². The lowest BCUT2D eigenvalue weighted by atomic mass is 9.74. The third-order valence-corrected chi connectivity index (χ3v) is 7.67. The smallest absolute Gasteiger partial charge is 0.475 e. The number of carboxylic acids is 1. The minimum Gasteiger partial charge on any atom is -0.475 e. The molecule has 0 unspecified atom stereocenters. The summed E-state index contributed by atoms with van der Waals surface area (Å²) in [7, 11) is 0.251. The van der Waals surface area contributed by atoms with Crippen molar-refractivity contribution in [2.45, 2.75) is 25.9 Å². The number of halogens is 3. The summed E-state index contributed by atoms with van der Waals surface area (Å²) in [5, 5.41) is 7.12. The summed E-state index contributed by atoms with van der Waals surface area (Å²) in [6, 6.07) is 1.76. The number of amides is 1. The molecule has 0 saturated carbocycles. The van der Waals surface area contributed by atoms with Gasteiger partial charge in [0.25, 0.3) is 0 Å². The number of hydrogen-bond acceptors (Lipinski definition) is 7. The highest BCUT2D eigenvalue weighted by molar-refractivity contribution is 7.89. The van der Waals surface area contributed by atoms with Crippen molar-refractivity contribution in [1.29, 1.82) is 0 Å². The van der Waals surface area contributed by atoms with Gasteiger partial charge in [0.15, 0.2) is 0 Å². The second kappa shape index (κ2) is 10.2. The maximum Gasteiger partial charge on any atom is 0.490 e. The predicted octanol–water partition coefficient (Wildman–Crippen LogP) is 1.07. The minimum atomic E-state index is -5.08. The highest BCUT2D eigenvalue weighted by Crippen LogP contribution is 2.45. The average Bonchev–Trinajstić information content (AvgIpc) is 3.01. The highest BCUT2D eigenvalue weighted by atomic mass is 32.2. The summed E-state index contributed by atoms with van der Waals surface area (Å²) >= 11 is 0. The Balaban J connectivity index is 0.000000479. The van der Waals surface area contributed by atoms with Crippen LogP contribution < -0.4 is 4.90 Å². The monoisotopic (exact) mass is 495 g/mol. The van der Waals surface area contributed by atoms with Crippen molar-refractivity contribution in [2.24, 2.45) is 11.3 Å². The van der Waals surface area contributed by atoms with Crippen molar-refractivity contribution < 1.29 is 36.3 Å². The summed E-state index contributed by atoms with van der Waals surface area (Å²) in [5.41, 5.74) is -0.597. The number of hydrogen-bond donors (Lipinski definition) is 1. The van der Waals surface area contributed by atoms with Crippen molar-refractivity contribution in [3.63, 3.8) is 0 Å². The zero-order valence-electron chi connectivity index (χ0n) is 18.6. The van der Waals surface area contributed by atoms with Gasteiger partial charge in [0.2, 0.25) is 21.9 Å². The Hall–Kier alpha value is -2.48. The molecule has 1 N–H and O–H groups in total. The summed E-state index contributed by atoms with van der Waals surface area (Å²) in [5.74, 6) is -2.09. The molecule has 0 aromatic carbocycles. The fourth-order valence-corrected chi connectivity index (χ4v) is 5.41. The van der Waals surface area contributed by atoms with Crippen molar-refractivity contribution >= 4 is 27.8 Å². The Bertz CT molecular complexity index is 945. The summed E-state index contributed by atoms with van der Waals surface area (Å²) < 4.78 is 58.2. The first-order chi connectivity index (χ1) is 15.2. The fraction of sp³-hybridized carbons (Fsp3) is 0.684. The molecule has 0 bridgehead atoms. The first kappa shape index (κ1) is 26.8. The topological polar surface area (TPSA) is 124 Å². The molecule has 3 rings (SSSR count). The highest BCUT2D eigenvalue weighted by Gasteiger charge is 2.55. The lowest BCUT2D eigenvalue weighted by Crippen LogP contribution is -2.47. The molecule has 3 heterocycles. The molecule has 1 aromatic rings. The zero-order chi connectivity index (χ0) is 25.0. The molecule has 2 fully saturated rings. The van der Waals surface area contributed by atoms with Gasteiger partial charge in [-0.15, -0.1) is 0 Å². The van der Waals surface area contributed by atoms with E-state index in [2.05, 4.69) is 9.97 Å². The molecule has 0 spiro atoms. The molecule has 0 aliphatic carbocycles. The number of carboxylic acid groups (broad SMARTS) is 1. The summed E-state index contributed by atoms with van der Waals surface area (Å²) in [6.45, 7) is 3.63. The normalized spacial score (nSPS) is 23.7. The fourth-order valence-electron chi connectivity index (χ4n) is 4.24. The third kappa shape index (κ3) is 6.10. The standard InChI is InChI=1S/C17H27N5O3S.C2HF3O2/c1-4-26(24,25)22-10-5-7-17(15(23)20(2)3)13-21(11-14(17)12-22)16-18-8-6-9-19-16;3-2(4,5)1(6)7/h6,8-9,14H,4-5,7,10-13H2,1-3H3;(H,6,7)/t14-,17+;/m1./s1. The Kier molecular flexibility index (Phi) is 8.27. The van der Waals surface area contributed by atoms with Crippen molar-refractivity contribution in [1.82, 2.24) is 19.2 Å². The van der Waals surface area contributed by atoms with Crippen LogP contribution in [0.3, 0.4) is 0 Å². The number of carbonyl (C=O) groups is 2. The molecule has 14 heteroatoms. The van der Waals surface area contributed by atoms with E-state index in [9.17, 15) is 26.4 Å². The van der Waals surface area contributed by atoms with Crippen LogP contribution in [0.1, 0.15) is 19.8 Å². The maximum atomic E-state index is 13.1. The van der Waals surface area contributed by atoms with Crippen molar-refractivity contribution in [3.8, 4) is 0 Å². The molecule has 2 saturated heterocycles. The van der Waals surface area contributed by atoms with Crippen molar-refractivity contribution in [3.05, 3.63) is 18.5 Å². The van der Waals surface area contributed by atoms with Crippen LogP contribution in [0.15, 0.2) is 18.5 Å². The average molecular weight is 496 g/mol. The van der Waals surface area contributed by atoms with Crippen LogP contribution in [0.4, 0.5) is 19.1 Å². The van der Waals surface area contributed by atoms with Gasteiger partial charge in [0, 0.05) is 58.6 Å². The molecule has 10 nitrogen and oxygen atoms in total. The van der Waals surface area contributed by atoms with Gasteiger partial charge in [-0.2, -0.15) is 13.2 Å². The van der Waals surface area contributed by atoms with Gasteiger partial charge in [-0.25, -0.2) is 27.5 Å². The maximum absolute atomic E-state index is 13.1. The molecule has 1 aromatic heterocycles. The molecule has 186 valence electrons. The van der Waals surface area contributed by atoms with Gasteiger partial charge in [0.1, 0.15) is 0 Å². The largest absolute Gasteiger partial charge is 0.490 e. The van der Waals surface area contributed by atoms with Gasteiger partial charge in [-0.05, 0) is 25.8 Å². The van der Waals surface area contributed by atoms with Crippen LogP contribution in [0.5, 0.6) is 0 Å². The number of rotatable bonds is 4. The van der Waals surface area contributed by atoms with Crippen LogP contribution in [0, 0.1) is 11.3 Å². The zero-order valence-corrected chi connectivity index (χ0v) is 19.4. The number of nitrogens with zero attached hydrogens (tertiary/aromatic N) is 5. The van der Waals surface area contributed by atoms with Gasteiger partial charge in [-0.1, -0.05) is 0 Å². The van der Waals surface area contributed by atoms with E-state index in [4.69, 9.17) is 9.90 Å². The molecule has 2 aliphatic heterocycles. The van der Waals surface area contributed by atoms with Crippen molar-refractivity contribution in [2.75, 3.05) is 50.9 Å². The first-order valence-corrected chi connectivity index (χ1v) is 11.9. The second-order valence-corrected chi connectivity index (χ2v) is 10.4. The number of anilines is 1. The van der Waals surface area contributed by atoms with E-state index in [1.165, 1.54) is 0 Å². The summed E-state index contributed by atoms with van der Waals surface area (Å²) in [4.78, 5) is 34.3. The van der Waals surface area contributed by atoms with E-state index < -0.39 is 27.6 Å².